The molecule has 1 heterocycles. The highest BCUT2D eigenvalue weighted by atomic mass is 35.5. The summed E-state index contributed by atoms with van der Waals surface area (Å²) in [6.07, 6.45) is 0.215. The van der Waals surface area contributed by atoms with E-state index in [-0.39, 0.29) is 34.9 Å². The number of benzene rings is 1. The second-order valence-corrected chi connectivity index (χ2v) is 7.49. The predicted molar refractivity (Wildman–Crippen MR) is 106 cm³/mol. The lowest BCUT2D eigenvalue weighted by atomic mass is 9.82. The van der Waals surface area contributed by atoms with Crippen LogP contribution >= 0.6 is 11.6 Å². The van der Waals surface area contributed by atoms with E-state index in [2.05, 4.69) is 25.9 Å². The molecule has 0 radical (unpaired) electrons. The van der Waals surface area contributed by atoms with Crippen LogP contribution in [0.3, 0.4) is 0 Å². The van der Waals surface area contributed by atoms with Crippen LogP contribution in [0.4, 0.5) is 18.9 Å². The number of rotatable bonds is 5. The number of carbonyl (C=O) groups is 3. The molecule has 1 aliphatic rings. The van der Waals surface area contributed by atoms with Crippen molar-refractivity contribution in [2.45, 2.75) is 31.2 Å². The Labute approximate surface area is 179 Å². The molecule has 0 spiro atoms. The first-order valence-corrected chi connectivity index (χ1v) is 9.70. The first-order valence-electron chi connectivity index (χ1n) is 9.32. The fraction of sp³-hybridized carbons (Fsp3) is 0.368. The normalized spacial score (nSPS) is 20.0. The number of aromatic nitrogens is 2. The smallest absolute Gasteiger partial charge is 0.272 e. The number of amides is 3. The standard InChI is InChI=1S/C19H19ClF3N5O3/c1-24-17(30)14-15(26-8-25-14)18(31)28-13-5-2-9(7-19(13,22)23)16(29)27-12-4-3-10(21)6-11(12)20/h3-4,6,8-9,13H,2,5,7H2,1H3,(H,24,30)(H,25,26)(H,27,29)(H,28,31)/t9-,13-/m0/s1. The number of hydrogen-bond donors (Lipinski definition) is 4. The van der Waals surface area contributed by atoms with Crippen LogP contribution in [0.5, 0.6) is 0 Å². The van der Waals surface area contributed by atoms with Crippen LogP contribution in [0.1, 0.15) is 40.2 Å². The molecule has 1 aromatic carbocycles. The summed E-state index contributed by atoms with van der Waals surface area (Å²) in [6, 6.07) is 1.80. The van der Waals surface area contributed by atoms with E-state index in [1.807, 2.05) is 0 Å². The maximum atomic E-state index is 14.7. The third-order valence-electron chi connectivity index (χ3n) is 5.01. The highest BCUT2D eigenvalue weighted by Gasteiger charge is 2.48. The van der Waals surface area contributed by atoms with Crippen molar-refractivity contribution in [1.29, 1.82) is 0 Å². The summed E-state index contributed by atoms with van der Waals surface area (Å²) in [5, 5.41) is 6.91. The topological polar surface area (TPSA) is 116 Å². The molecule has 4 N–H and O–H groups in total. The van der Waals surface area contributed by atoms with Gasteiger partial charge in [0, 0.05) is 19.4 Å². The van der Waals surface area contributed by atoms with Gasteiger partial charge in [-0.25, -0.2) is 18.2 Å². The molecule has 0 aliphatic heterocycles. The number of aromatic amines is 1. The Morgan fingerprint density at radius 1 is 1.23 bits per heavy atom. The Kier molecular flexibility index (Phi) is 6.54. The zero-order chi connectivity index (χ0) is 22.8. The minimum atomic E-state index is -3.38. The van der Waals surface area contributed by atoms with Gasteiger partial charge in [-0.1, -0.05) is 11.6 Å². The first-order chi connectivity index (χ1) is 14.6. The minimum Gasteiger partial charge on any atom is -0.354 e. The van der Waals surface area contributed by atoms with Gasteiger partial charge in [0.25, 0.3) is 17.7 Å². The van der Waals surface area contributed by atoms with Gasteiger partial charge in [-0.15, -0.1) is 0 Å². The van der Waals surface area contributed by atoms with Crippen molar-refractivity contribution in [3.05, 3.63) is 46.8 Å². The van der Waals surface area contributed by atoms with E-state index in [9.17, 15) is 27.6 Å². The van der Waals surface area contributed by atoms with E-state index in [1.165, 1.54) is 13.1 Å². The summed E-state index contributed by atoms with van der Waals surface area (Å²) in [7, 11) is 1.35. The molecule has 2 aromatic rings. The molecule has 2 atom stereocenters. The number of nitrogens with one attached hydrogen (secondary N) is 4. The van der Waals surface area contributed by atoms with E-state index in [1.54, 1.807) is 0 Å². The van der Waals surface area contributed by atoms with Gasteiger partial charge >= 0.3 is 0 Å². The van der Waals surface area contributed by atoms with Crippen LogP contribution in [-0.2, 0) is 4.79 Å². The van der Waals surface area contributed by atoms with Gasteiger partial charge in [0.05, 0.1) is 23.1 Å². The summed E-state index contributed by atoms with van der Waals surface area (Å²) in [5.74, 6) is -7.23. The summed E-state index contributed by atoms with van der Waals surface area (Å²) < 4.78 is 42.5. The van der Waals surface area contributed by atoms with Gasteiger partial charge in [0.15, 0.2) is 5.69 Å². The van der Waals surface area contributed by atoms with Crippen molar-refractivity contribution in [3.63, 3.8) is 0 Å². The largest absolute Gasteiger partial charge is 0.354 e. The first kappa shape index (κ1) is 22.6. The Bertz CT molecular complexity index is 1010. The zero-order valence-electron chi connectivity index (χ0n) is 16.3. The van der Waals surface area contributed by atoms with Crippen LogP contribution < -0.4 is 16.0 Å². The minimum absolute atomic E-state index is 0.0491. The molecule has 1 saturated carbocycles. The van der Waals surface area contributed by atoms with Gasteiger partial charge in [0.2, 0.25) is 5.91 Å². The average Bonchev–Trinajstić information content (AvgIpc) is 3.20. The van der Waals surface area contributed by atoms with E-state index in [0.29, 0.717) is 0 Å². The molecule has 1 aliphatic carbocycles. The molecule has 0 bridgehead atoms. The van der Waals surface area contributed by atoms with Gasteiger partial charge < -0.3 is 20.9 Å². The molecule has 3 rings (SSSR count). The highest BCUT2D eigenvalue weighted by Crippen LogP contribution is 2.38. The van der Waals surface area contributed by atoms with Gasteiger partial charge in [0.1, 0.15) is 11.5 Å². The predicted octanol–water partition coefficient (Wildman–Crippen LogP) is 2.73. The number of halogens is 4. The average molecular weight is 458 g/mol. The number of anilines is 1. The molecule has 0 unspecified atom stereocenters. The summed E-state index contributed by atoms with van der Waals surface area (Å²) in [4.78, 5) is 42.8. The lowest BCUT2D eigenvalue weighted by Gasteiger charge is -2.35. The second kappa shape index (κ2) is 8.96. The molecule has 3 amide bonds. The van der Waals surface area contributed by atoms with Crippen molar-refractivity contribution >= 4 is 35.0 Å². The van der Waals surface area contributed by atoms with Crippen LogP contribution in [0.15, 0.2) is 24.5 Å². The molecule has 1 aromatic heterocycles. The van der Waals surface area contributed by atoms with Crippen molar-refractivity contribution in [3.8, 4) is 0 Å². The Hall–Kier alpha value is -3.08. The number of alkyl halides is 2. The molecule has 0 saturated heterocycles. The summed E-state index contributed by atoms with van der Waals surface area (Å²) in [6.45, 7) is 0. The molecule has 1 fully saturated rings. The number of hydrogen-bond acceptors (Lipinski definition) is 4. The van der Waals surface area contributed by atoms with E-state index in [0.717, 1.165) is 18.5 Å². The number of imidazole rings is 1. The molecular formula is C19H19ClF3N5O3. The van der Waals surface area contributed by atoms with Crippen molar-refractivity contribution in [1.82, 2.24) is 20.6 Å². The fourth-order valence-electron chi connectivity index (χ4n) is 3.37. The van der Waals surface area contributed by atoms with Gasteiger partial charge in [-0.3, -0.25) is 14.4 Å². The number of carbonyl (C=O) groups excluding carboxylic acids is 3. The van der Waals surface area contributed by atoms with Gasteiger partial charge in [-0.05, 0) is 31.0 Å². The Morgan fingerprint density at radius 3 is 2.61 bits per heavy atom. The molecule has 31 heavy (non-hydrogen) atoms. The van der Waals surface area contributed by atoms with Gasteiger partial charge in [-0.2, -0.15) is 0 Å². The summed E-state index contributed by atoms with van der Waals surface area (Å²) in [5.41, 5.74) is -0.333. The monoisotopic (exact) mass is 457 g/mol. The van der Waals surface area contributed by atoms with Crippen molar-refractivity contribution in [2.75, 3.05) is 12.4 Å². The highest BCUT2D eigenvalue weighted by molar-refractivity contribution is 6.33. The molecule has 166 valence electrons. The van der Waals surface area contributed by atoms with Crippen LogP contribution in [0, 0.1) is 11.7 Å². The van der Waals surface area contributed by atoms with Crippen molar-refractivity contribution in [2.24, 2.45) is 5.92 Å². The lowest BCUT2D eigenvalue weighted by Crippen LogP contribution is -2.52. The Balaban J connectivity index is 1.65. The summed E-state index contributed by atoms with van der Waals surface area (Å²) >= 11 is 5.86. The molecular weight excluding hydrogens is 439 g/mol. The quantitative estimate of drug-likeness (QED) is 0.552. The maximum Gasteiger partial charge on any atom is 0.272 e. The third kappa shape index (κ3) is 4.98. The maximum absolute atomic E-state index is 14.7. The van der Waals surface area contributed by atoms with E-state index < -0.39 is 47.8 Å². The fourth-order valence-corrected chi connectivity index (χ4v) is 3.58. The van der Waals surface area contributed by atoms with Crippen molar-refractivity contribution < 1.29 is 27.6 Å². The number of nitrogens with zero attached hydrogens (tertiary/aromatic N) is 1. The zero-order valence-corrected chi connectivity index (χ0v) is 17.0. The third-order valence-corrected chi connectivity index (χ3v) is 5.32. The van der Waals surface area contributed by atoms with E-state index >= 15 is 0 Å². The molecule has 8 nitrogen and oxygen atoms in total. The second-order valence-electron chi connectivity index (χ2n) is 7.08. The SMILES string of the molecule is CNC(=O)c1[nH]cnc1C(=O)N[C@H]1CC[C@H](C(=O)Nc2ccc(F)cc2Cl)CC1(F)F. The van der Waals surface area contributed by atoms with E-state index in [4.69, 9.17) is 11.6 Å². The lowest BCUT2D eigenvalue weighted by molar-refractivity contribution is -0.129. The van der Waals surface area contributed by atoms with Crippen LogP contribution in [-0.4, -0.2) is 46.7 Å². The Morgan fingerprint density at radius 2 is 1.97 bits per heavy atom. The van der Waals surface area contributed by atoms with Crippen LogP contribution in [0.25, 0.3) is 0 Å². The number of H-pyrrole nitrogens is 1. The molecule has 12 heteroatoms. The van der Waals surface area contributed by atoms with Crippen LogP contribution in [0.2, 0.25) is 5.02 Å².